The maximum atomic E-state index is 13.1. The SMILES string of the molecule is CCC(CC)N(CCOC)C(=O)c1ccc2c(c1)C(=O)c1ccccc1-2. The summed E-state index contributed by atoms with van der Waals surface area (Å²) in [7, 11) is 1.64. The van der Waals surface area contributed by atoms with E-state index in [0.717, 1.165) is 24.0 Å². The molecule has 0 unspecified atom stereocenters. The maximum Gasteiger partial charge on any atom is 0.254 e. The number of amides is 1. The predicted octanol–water partition coefficient (Wildman–Crippen LogP) is 4.18. The van der Waals surface area contributed by atoms with Gasteiger partial charge >= 0.3 is 0 Å². The number of ketones is 1. The quantitative estimate of drug-likeness (QED) is 0.642. The van der Waals surface area contributed by atoms with Crippen LogP contribution in [0.2, 0.25) is 0 Å². The van der Waals surface area contributed by atoms with Crippen LogP contribution in [0.15, 0.2) is 42.5 Å². The molecular weight excluding hydrogens is 326 g/mol. The lowest BCUT2D eigenvalue weighted by Crippen LogP contribution is -2.41. The minimum Gasteiger partial charge on any atom is -0.383 e. The molecule has 0 spiro atoms. The summed E-state index contributed by atoms with van der Waals surface area (Å²) < 4.78 is 5.18. The first kappa shape index (κ1) is 18.3. The van der Waals surface area contributed by atoms with E-state index in [2.05, 4.69) is 13.8 Å². The van der Waals surface area contributed by atoms with Crippen molar-refractivity contribution in [2.24, 2.45) is 0 Å². The number of carbonyl (C=O) groups excluding carboxylic acids is 2. The van der Waals surface area contributed by atoms with Crippen LogP contribution < -0.4 is 0 Å². The Morgan fingerprint density at radius 2 is 1.65 bits per heavy atom. The molecule has 3 rings (SSSR count). The van der Waals surface area contributed by atoms with E-state index in [1.807, 2.05) is 41.3 Å². The van der Waals surface area contributed by atoms with E-state index >= 15 is 0 Å². The van der Waals surface area contributed by atoms with Gasteiger partial charge in [0.05, 0.1) is 6.61 Å². The van der Waals surface area contributed by atoms with Crippen LogP contribution in [0.4, 0.5) is 0 Å². The molecule has 0 bridgehead atoms. The van der Waals surface area contributed by atoms with Crippen molar-refractivity contribution in [2.45, 2.75) is 32.7 Å². The molecule has 0 saturated carbocycles. The average molecular weight is 351 g/mol. The van der Waals surface area contributed by atoms with Gasteiger partial charge in [0.15, 0.2) is 5.78 Å². The number of benzene rings is 2. The summed E-state index contributed by atoms with van der Waals surface area (Å²) in [6, 6.07) is 13.2. The fourth-order valence-electron chi connectivity index (χ4n) is 3.70. The lowest BCUT2D eigenvalue weighted by molar-refractivity contribution is 0.0589. The van der Waals surface area contributed by atoms with Crippen LogP contribution in [0.3, 0.4) is 0 Å². The summed E-state index contributed by atoms with van der Waals surface area (Å²) in [4.78, 5) is 27.7. The number of rotatable bonds is 7. The van der Waals surface area contributed by atoms with E-state index in [0.29, 0.717) is 29.8 Å². The highest BCUT2D eigenvalue weighted by molar-refractivity contribution is 6.22. The van der Waals surface area contributed by atoms with Crippen LogP contribution >= 0.6 is 0 Å². The molecule has 2 aromatic rings. The highest BCUT2D eigenvalue weighted by Gasteiger charge is 2.29. The van der Waals surface area contributed by atoms with E-state index in [1.54, 1.807) is 13.2 Å². The van der Waals surface area contributed by atoms with Crippen LogP contribution in [-0.4, -0.2) is 42.9 Å². The average Bonchev–Trinajstić information content (AvgIpc) is 2.97. The molecule has 0 heterocycles. The summed E-state index contributed by atoms with van der Waals surface area (Å²) in [5.74, 6) is -0.0430. The molecule has 0 fully saturated rings. The molecule has 0 saturated heterocycles. The van der Waals surface area contributed by atoms with Gasteiger partial charge < -0.3 is 9.64 Å². The summed E-state index contributed by atoms with van der Waals surface area (Å²) in [6.45, 7) is 5.22. The Morgan fingerprint density at radius 1 is 1.00 bits per heavy atom. The van der Waals surface area contributed by atoms with Crippen molar-refractivity contribution in [3.63, 3.8) is 0 Å². The first-order valence-electron chi connectivity index (χ1n) is 9.20. The van der Waals surface area contributed by atoms with E-state index in [9.17, 15) is 9.59 Å². The largest absolute Gasteiger partial charge is 0.383 e. The number of fused-ring (bicyclic) bond motifs is 3. The van der Waals surface area contributed by atoms with Crippen molar-refractivity contribution >= 4 is 11.7 Å². The van der Waals surface area contributed by atoms with Crippen LogP contribution in [0.1, 0.15) is 53.0 Å². The number of methoxy groups -OCH3 is 1. The maximum absolute atomic E-state index is 13.1. The van der Waals surface area contributed by atoms with Crippen molar-refractivity contribution in [3.8, 4) is 11.1 Å². The van der Waals surface area contributed by atoms with E-state index < -0.39 is 0 Å². The van der Waals surface area contributed by atoms with E-state index in [-0.39, 0.29) is 17.7 Å². The fourth-order valence-corrected chi connectivity index (χ4v) is 3.70. The minimum atomic E-state index is -0.0395. The van der Waals surface area contributed by atoms with Crippen molar-refractivity contribution in [1.82, 2.24) is 4.90 Å². The number of ether oxygens (including phenoxy) is 1. The molecule has 0 radical (unpaired) electrons. The molecule has 2 aromatic carbocycles. The van der Waals surface area contributed by atoms with Crippen LogP contribution in [0.25, 0.3) is 11.1 Å². The third-order valence-electron chi connectivity index (χ3n) is 5.15. The molecule has 136 valence electrons. The highest BCUT2D eigenvalue weighted by atomic mass is 16.5. The van der Waals surface area contributed by atoms with Gasteiger partial charge in [0.2, 0.25) is 0 Å². The number of hydrogen-bond donors (Lipinski definition) is 0. The van der Waals surface area contributed by atoms with Crippen molar-refractivity contribution < 1.29 is 14.3 Å². The topological polar surface area (TPSA) is 46.6 Å². The molecule has 4 nitrogen and oxygen atoms in total. The molecule has 0 aliphatic heterocycles. The normalized spacial score (nSPS) is 12.2. The predicted molar refractivity (Wildman–Crippen MR) is 103 cm³/mol. The number of carbonyl (C=O) groups is 2. The van der Waals surface area contributed by atoms with Gasteiger partial charge in [-0.2, -0.15) is 0 Å². The molecule has 1 amide bonds. The van der Waals surface area contributed by atoms with Gasteiger partial charge in [0.1, 0.15) is 0 Å². The Labute approximate surface area is 154 Å². The Balaban J connectivity index is 1.95. The smallest absolute Gasteiger partial charge is 0.254 e. The monoisotopic (exact) mass is 351 g/mol. The zero-order valence-corrected chi connectivity index (χ0v) is 15.6. The van der Waals surface area contributed by atoms with Gasteiger partial charge in [0.25, 0.3) is 5.91 Å². The van der Waals surface area contributed by atoms with Crippen molar-refractivity contribution in [3.05, 3.63) is 59.2 Å². The first-order chi connectivity index (χ1) is 12.6. The molecule has 26 heavy (non-hydrogen) atoms. The summed E-state index contributed by atoms with van der Waals surface area (Å²) in [5.41, 5.74) is 3.75. The molecule has 1 aliphatic carbocycles. The standard InChI is InChI=1S/C22H25NO3/c1-4-16(5-2)23(12-13-26-3)22(25)15-10-11-18-17-8-6-7-9-19(17)21(24)20(18)14-15/h6-11,14,16H,4-5,12-13H2,1-3H3. The molecule has 0 N–H and O–H groups in total. The zero-order valence-electron chi connectivity index (χ0n) is 15.6. The van der Waals surface area contributed by atoms with Gasteiger partial charge in [-0.05, 0) is 36.1 Å². The molecular formula is C22H25NO3. The van der Waals surface area contributed by atoms with Gasteiger partial charge in [0, 0.05) is 36.4 Å². The second kappa shape index (κ2) is 7.83. The number of nitrogens with zero attached hydrogens (tertiary/aromatic N) is 1. The van der Waals surface area contributed by atoms with Crippen LogP contribution in [-0.2, 0) is 4.74 Å². The van der Waals surface area contributed by atoms with Gasteiger partial charge in [-0.25, -0.2) is 0 Å². The second-order valence-electron chi connectivity index (χ2n) is 6.60. The van der Waals surface area contributed by atoms with Crippen LogP contribution in [0.5, 0.6) is 0 Å². The summed E-state index contributed by atoms with van der Waals surface area (Å²) >= 11 is 0. The zero-order chi connectivity index (χ0) is 18.7. The first-order valence-corrected chi connectivity index (χ1v) is 9.20. The molecule has 4 heteroatoms. The molecule has 1 aliphatic rings. The van der Waals surface area contributed by atoms with Gasteiger partial charge in [-0.15, -0.1) is 0 Å². The third kappa shape index (κ3) is 3.17. The highest BCUT2D eigenvalue weighted by Crippen LogP contribution is 2.36. The Kier molecular flexibility index (Phi) is 5.52. The Morgan fingerprint density at radius 3 is 2.31 bits per heavy atom. The van der Waals surface area contributed by atoms with Crippen LogP contribution in [0, 0.1) is 0 Å². The molecule has 0 atom stereocenters. The lowest BCUT2D eigenvalue weighted by atomic mass is 10.0. The summed E-state index contributed by atoms with van der Waals surface area (Å²) in [6.07, 6.45) is 1.78. The lowest BCUT2D eigenvalue weighted by Gasteiger charge is -2.30. The van der Waals surface area contributed by atoms with E-state index in [1.165, 1.54) is 0 Å². The minimum absolute atomic E-state index is 0.00350. The Bertz CT molecular complexity index is 824. The number of hydrogen-bond acceptors (Lipinski definition) is 3. The van der Waals surface area contributed by atoms with Gasteiger partial charge in [-0.3, -0.25) is 9.59 Å². The van der Waals surface area contributed by atoms with E-state index in [4.69, 9.17) is 4.74 Å². The fraction of sp³-hybridized carbons (Fsp3) is 0.364. The third-order valence-corrected chi connectivity index (χ3v) is 5.15. The Hall–Kier alpha value is -2.46. The van der Waals surface area contributed by atoms with Gasteiger partial charge in [-0.1, -0.05) is 44.2 Å². The summed E-state index contributed by atoms with van der Waals surface area (Å²) in [5, 5.41) is 0. The second-order valence-corrected chi connectivity index (χ2v) is 6.60. The van der Waals surface area contributed by atoms with Crippen molar-refractivity contribution in [2.75, 3.05) is 20.3 Å². The van der Waals surface area contributed by atoms with Crippen molar-refractivity contribution in [1.29, 1.82) is 0 Å². The molecule has 0 aromatic heterocycles.